The van der Waals surface area contributed by atoms with Gasteiger partial charge in [-0.2, -0.15) is 0 Å². The molecule has 17 heavy (non-hydrogen) atoms. The average molecular weight is 228 g/mol. The van der Waals surface area contributed by atoms with Crippen molar-refractivity contribution in [2.75, 3.05) is 0 Å². The van der Waals surface area contributed by atoms with E-state index in [-0.39, 0.29) is 0 Å². The second kappa shape index (κ2) is 3.32. The molecule has 1 heterocycles. The van der Waals surface area contributed by atoms with Gasteiger partial charge >= 0.3 is 0 Å². The summed E-state index contributed by atoms with van der Waals surface area (Å²) in [4.78, 5) is 0. The first-order valence-electron chi connectivity index (χ1n) is 5.43. The van der Waals surface area contributed by atoms with E-state index in [0.29, 0.717) is 17.1 Å². The van der Waals surface area contributed by atoms with Crippen LogP contribution in [0.2, 0.25) is 0 Å². The van der Waals surface area contributed by atoms with E-state index < -0.39 is 5.79 Å². The maximum Gasteiger partial charge on any atom is 0.191 e. The molecule has 0 bridgehead atoms. The summed E-state index contributed by atoms with van der Waals surface area (Å²) in [5, 5.41) is 19.6. The number of benzene rings is 2. The Kier molecular flexibility index (Phi) is 2.02. The van der Waals surface area contributed by atoms with E-state index in [1.165, 1.54) is 6.92 Å². The highest BCUT2D eigenvalue weighted by Gasteiger charge is 2.36. The Balaban J connectivity index is 2.23. The van der Waals surface area contributed by atoms with Crippen LogP contribution in [-0.4, -0.2) is 10.2 Å². The van der Waals surface area contributed by atoms with Crippen molar-refractivity contribution < 1.29 is 14.9 Å². The molecule has 0 spiro atoms. The molecule has 3 rings (SSSR count). The zero-order valence-corrected chi connectivity index (χ0v) is 9.34. The predicted molar refractivity (Wildman–Crippen MR) is 63.7 cm³/mol. The third-order valence-corrected chi connectivity index (χ3v) is 2.85. The molecular formula is C14H12O3. The summed E-state index contributed by atoms with van der Waals surface area (Å²) in [6, 6.07) is 13.3. The lowest BCUT2D eigenvalue weighted by molar-refractivity contribution is -0.152. The zero-order chi connectivity index (χ0) is 12.0. The van der Waals surface area contributed by atoms with Crippen LogP contribution in [-0.2, 0) is 5.79 Å². The van der Waals surface area contributed by atoms with Crippen molar-refractivity contribution in [3.05, 3.63) is 48.0 Å². The van der Waals surface area contributed by atoms with Crippen LogP contribution >= 0.6 is 0 Å². The Morgan fingerprint density at radius 1 is 1.00 bits per heavy atom. The lowest BCUT2D eigenvalue weighted by Gasteiger charge is -2.18. The topological polar surface area (TPSA) is 53.0 Å². The van der Waals surface area contributed by atoms with E-state index in [1.54, 1.807) is 0 Å². The summed E-state index contributed by atoms with van der Waals surface area (Å²) < 4.78 is 5.24. The summed E-state index contributed by atoms with van der Waals surface area (Å²) in [5.41, 5.74) is 2.16. The van der Waals surface area contributed by atoms with Gasteiger partial charge in [-0.25, -0.2) is 0 Å². The standard InChI is InChI=1S/C14H12O3/c1-14(15,16)12-10(7-8-11-13(12)17-11)9-5-3-2-4-6-9/h2-8,15-16H,1H3. The van der Waals surface area contributed by atoms with Gasteiger partial charge in [0.2, 0.25) is 0 Å². The van der Waals surface area contributed by atoms with E-state index in [0.717, 1.165) is 11.1 Å². The number of aliphatic hydroxyl groups is 2. The van der Waals surface area contributed by atoms with Crippen LogP contribution in [0.15, 0.2) is 42.5 Å². The minimum absolute atomic E-state index is 0.432. The van der Waals surface area contributed by atoms with Gasteiger partial charge in [0.15, 0.2) is 17.3 Å². The lowest BCUT2D eigenvalue weighted by atomic mass is 9.95. The normalized spacial score (nSPS) is 12.9. The van der Waals surface area contributed by atoms with E-state index in [9.17, 15) is 10.2 Å². The zero-order valence-electron chi connectivity index (χ0n) is 9.34. The maximum atomic E-state index is 9.82. The van der Waals surface area contributed by atoms with Crippen molar-refractivity contribution >= 4 is 0 Å². The smallest absolute Gasteiger partial charge is 0.191 e. The van der Waals surface area contributed by atoms with E-state index in [1.807, 2.05) is 42.5 Å². The van der Waals surface area contributed by atoms with Gasteiger partial charge in [-0.15, -0.1) is 0 Å². The molecule has 0 saturated carbocycles. The van der Waals surface area contributed by atoms with Crippen molar-refractivity contribution in [3.8, 4) is 22.6 Å². The summed E-state index contributed by atoms with van der Waals surface area (Å²) in [5.74, 6) is -0.597. The third-order valence-electron chi connectivity index (χ3n) is 2.85. The highest BCUT2D eigenvalue weighted by molar-refractivity contribution is 5.77. The molecule has 86 valence electrons. The Morgan fingerprint density at radius 2 is 1.71 bits per heavy atom. The molecule has 0 saturated heterocycles. The molecule has 2 aromatic carbocycles. The number of hydrogen-bond acceptors (Lipinski definition) is 3. The summed E-state index contributed by atoms with van der Waals surface area (Å²) in [6.07, 6.45) is 0. The molecule has 2 N–H and O–H groups in total. The van der Waals surface area contributed by atoms with Crippen LogP contribution in [0.1, 0.15) is 12.5 Å². The summed E-state index contributed by atoms with van der Waals surface area (Å²) >= 11 is 0. The van der Waals surface area contributed by atoms with E-state index in [2.05, 4.69) is 0 Å². The van der Waals surface area contributed by atoms with Crippen LogP contribution in [0.3, 0.4) is 0 Å². The van der Waals surface area contributed by atoms with Crippen LogP contribution in [0, 0.1) is 0 Å². The molecule has 3 nitrogen and oxygen atoms in total. The molecule has 0 aromatic heterocycles. The molecule has 0 fully saturated rings. The molecule has 0 unspecified atom stereocenters. The SMILES string of the molecule is CC(O)(O)c1c(-c2ccccc2)ccc2c1O2. The Bertz CT molecular complexity index is 568. The van der Waals surface area contributed by atoms with Crippen molar-refractivity contribution in [3.63, 3.8) is 0 Å². The fourth-order valence-corrected chi connectivity index (χ4v) is 2.06. The first-order valence-corrected chi connectivity index (χ1v) is 5.43. The largest absolute Gasteiger partial charge is 0.449 e. The van der Waals surface area contributed by atoms with Gasteiger partial charge in [0.05, 0.1) is 5.56 Å². The van der Waals surface area contributed by atoms with Gasteiger partial charge in [0, 0.05) is 0 Å². The third kappa shape index (κ3) is 1.69. The van der Waals surface area contributed by atoms with Gasteiger partial charge in [-0.3, -0.25) is 0 Å². The fourth-order valence-electron chi connectivity index (χ4n) is 2.06. The van der Waals surface area contributed by atoms with Gasteiger partial charge < -0.3 is 14.9 Å². The number of ether oxygens (including phenoxy) is 1. The molecule has 3 heteroatoms. The molecule has 0 amide bonds. The minimum Gasteiger partial charge on any atom is -0.449 e. The number of fused-ring (bicyclic) bond motifs is 1. The molecule has 0 radical (unpaired) electrons. The summed E-state index contributed by atoms with van der Waals surface area (Å²) in [6.45, 7) is 1.34. The van der Waals surface area contributed by atoms with Crippen molar-refractivity contribution in [2.45, 2.75) is 12.7 Å². The van der Waals surface area contributed by atoms with Crippen LogP contribution in [0.4, 0.5) is 0 Å². The van der Waals surface area contributed by atoms with Crippen molar-refractivity contribution in [2.24, 2.45) is 0 Å². The molecule has 0 aliphatic carbocycles. The van der Waals surface area contributed by atoms with Crippen LogP contribution in [0.25, 0.3) is 11.1 Å². The Labute approximate surface area is 98.9 Å². The van der Waals surface area contributed by atoms with Crippen LogP contribution in [0.5, 0.6) is 11.5 Å². The highest BCUT2D eigenvalue weighted by atomic mass is 16.6. The van der Waals surface area contributed by atoms with E-state index >= 15 is 0 Å². The fraction of sp³-hybridized carbons (Fsp3) is 0.143. The van der Waals surface area contributed by atoms with Gasteiger partial charge in [0.25, 0.3) is 0 Å². The number of hydrogen-bond donors (Lipinski definition) is 2. The maximum absolute atomic E-state index is 9.82. The van der Waals surface area contributed by atoms with Gasteiger partial charge in [0.1, 0.15) is 0 Å². The second-order valence-electron chi connectivity index (χ2n) is 4.30. The Hall–Kier alpha value is -1.84. The average Bonchev–Trinajstić information content (AvgIpc) is 3.06. The monoisotopic (exact) mass is 228 g/mol. The molecule has 1 aliphatic heterocycles. The molecule has 2 aromatic rings. The lowest BCUT2D eigenvalue weighted by Crippen LogP contribution is -2.20. The first-order chi connectivity index (χ1) is 8.07. The molecular weight excluding hydrogens is 216 g/mol. The molecule has 0 atom stereocenters. The minimum atomic E-state index is -1.90. The number of rotatable bonds is 2. The second-order valence-corrected chi connectivity index (χ2v) is 4.30. The first kappa shape index (κ1) is 10.3. The van der Waals surface area contributed by atoms with Crippen molar-refractivity contribution in [1.82, 2.24) is 0 Å². The van der Waals surface area contributed by atoms with Crippen LogP contribution < -0.4 is 4.74 Å². The highest BCUT2D eigenvalue weighted by Crippen LogP contribution is 2.54. The van der Waals surface area contributed by atoms with Gasteiger partial charge in [-0.05, 0) is 30.2 Å². The predicted octanol–water partition coefficient (Wildman–Crippen LogP) is 2.62. The van der Waals surface area contributed by atoms with Gasteiger partial charge in [-0.1, -0.05) is 30.3 Å². The summed E-state index contributed by atoms with van der Waals surface area (Å²) in [7, 11) is 0. The quantitative estimate of drug-likeness (QED) is 0.523. The molecule has 1 aliphatic rings. The Morgan fingerprint density at radius 3 is 2.35 bits per heavy atom. The van der Waals surface area contributed by atoms with E-state index in [4.69, 9.17) is 4.74 Å². The van der Waals surface area contributed by atoms with Crippen molar-refractivity contribution in [1.29, 1.82) is 0 Å².